The molecule has 1 amide bonds. The number of hydrogen-bond acceptors (Lipinski definition) is 3. The predicted molar refractivity (Wildman–Crippen MR) is 59.0 cm³/mol. The molecular weight excluding hydrogens is 190 g/mol. The highest BCUT2D eigenvalue weighted by Crippen LogP contribution is 2.05. The summed E-state index contributed by atoms with van der Waals surface area (Å²) in [5, 5.41) is 2.78. The normalized spacial score (nSPS) is 12.5. The minimum absolute atomic E-state index is 0.178. The third-order valence-electron chi connectivity index (χ3n) is 1.97. The molecule has 15 heavy (non-hydrogen) atoms. The molecule has 1 rings (SSSR count). The molecule has 1 aromatic rings. The lowest BCUT2D eigenvalue weighted by Gasteiger charge is -2.12. The van der Waals surface area contributed by atoms with E-state index in [0.717, 1.165) is 0 Å². The van der Waals surface area contributed by atoms with Crippen molar-refractivity contribution in [3.05, 3.63) is 30.1 Å². The Hall–Kier alpha value is -1.42. The fourth-order valence-electron chi connectivity index (χ4n) is 1.11. The van der Waals surface area contributed by atoms with Crippen LogP contribution in [0.4, 0.5) is 0 Å². The maximum Gasteiger partial charge on any atom is 0.243 e. The molecule has 0 aliphatic heterocycles. The van der Waals surface area contributed by atoms with Gasteiger partial charge in [0.25, 0.3) is 0 Å². The van der Waals surface area contributed by atoms with Gasteiger partial charge in [-0.15, -0.1) is 0 Å². The molecule has 0 bridgehead atoms. The second kappa shape index (κ2) is 5.46. The Labute approximate surface area is 89.9 Å². The molecule has 1 heterocycles. The average Bonchev–Trinajstić information content (AvgIpc) is 2.26. The minimum atomic E-state index is -0.676. The zero-order chi connectivity index (χ0) is 11.3. The molecule has 0 aromatic carbocycles. The van der Waals surface area contributed by atoms with Gasteiger partial charge in [0.15, 0.2) is 0 Å². The number of nitrogens with zero attached hydrogens (tertiary/aromatic N) is 1. The van der Waals surface area contributed by atoms with Crippen molar-refractivity contribution in [2.45, 2.75) is 19.9 Å². The van der Waals surface area contributed by atoms with Gasteiger partial charge < -0.3 is 11.1 Å². The number of aromatic nitrogens is 1. The fourth-order valence-corrected chi connectivity index (χ4v) is 1.11. The third-order valence-corrected chi connectivity index (χ3v) is 1.97. The van der Waals surface area contributed by atoms with Gasteiger partial charge in [-0.1, -0.05) is 19.9 Å². The van der Waals surface area contributed by atoms with Crippen molar-refractivity contribution in [1.82, 2.24) is 10.3 Å². The van der Waals surface area contributed by atoms with Crippen LogP contribution >= 0.6 is 0 Å². The summed E-state index contributed by atoms with van der Waals surface area (Å²) in [5.41, 5.74) is 6.35. The molecule has 1 unspecified atom stereocenters. The van der Waals surface area contributed by atoms with E-state index in [1.807, 2.05) is 19.9 Å². The maximum absolute atomic E-state index is 11.6. The van der Waals surface area contributed by atoms with E-state index in [1.165, 1.54) is 0 Å². The number of nitrogens with two attached hydrogens (primary N) is 1. The lowest BCUT2D eigenvalue weighted by Crippen LogP contribution is -2.36. The number of rotatable bonds is 4. The van der Waals surface area contributed by atoms with Gasteiger partial charge in [0.1, 0.15) is 6.04 Å². The van der Waals surface area contributed by atoms with Gasteiger partial charge in [-0.25, -0.2) is 0 Å². The molecule has 4 heteroatoms. The lowest BCUT2D eigenvalue weighted by atomic mass is 10.1. The Morgan fingerprint density at radius 3 is 2.80 bits per heavy atom. The van der Waals surface area contributed by atoms with Gasteiger partial charge in [-0.3, -0.25) is 9.78 Å². The Kier molecular flexibility index (Phi) is 4.24. The lowest BCUT2D eigenvalue weighted by molar-refractivity contribution is -0.122. The van der Waals surface area contributed by atoms with Gasteiger partial charge >= 0.3 is 0 Å². The number of nitrogens with one attached hydrogen (secondary N) is 1. The first-order chi connectivity index (χ1) is 7.11. The highest BCUT2D eigenvalue weighted by molar-refractivity contribution is 5.82. The van der Waals surface area contributed by atoms with E-state index in [-0.39, 0.29) is 5.91 Å². The molecular formula is C11H17N3O. The standard InChI is InChI=1S/C11H17N3O/c1-8(2)7-14-11(15)10(12)9-5-3-4-6-13-9/h3-6,8,10H,7,12H2,1-2H3,(H,14,15). The number of hydrogen-bond donors (Lipinski definition) is 2. The van der Waals surface area contributed by atoms with Crippen molar-refractivity contribution < 1.29 is 4.79 Å². The molecule has 3 N–H and O–H groups in total. The Morgan fingerprint density at radius 2 is 2.27 bits per heavy atom. The molecule has 0 saturated carbocycles. The molecule has 0 aliphatic rings. The van der Waals surface area contributed by atoms with E-state index in [4.69, 9.17) is 5.73 Å². The van der Waals surface area contributed by atoms with E-state index in [0.29, 0.717) is 18.2 Å². The van der Waals surface area contributed by atoms with Crippen LogP contribution in [-0.2, 0) is 4.79 Å². The first-order valence-corrected chi connectivity index (χ1v) is 5.05. The molecule has 0 spiro atoms. The highest BCUT2D eigenvalue weighted by atomic mass is 16.2. The van der Waals surface area contributed by atoms with Crippen molar-refractivity contribution in [2.24, 2.45) is 11.7 Å². The SMILES string of the molecule is CC(C)CNC(=O)C(N)c1ccccn1. The summed E-state index contributed by atoms with van der Waals surface area (Å²) in [4.78, 5) is 15.6. The number of amides is 1. The van der Waals surface area contributed by atoms with Crippen LogP contribution in [0.3, 0.4) is 0 Å². The molecule has 4 nitrogen and oxygen atoms in total. The Balaban J connectivity index is 2.54. The van der Waals surface area contributed by atoms with E-state index in [1.54, 1.807) is 18.3 Å². The van der Waals surface area contributed by atoms with Crippen LogP contribution in [0.5, 0.6) is 0 Å². The van der Waals surface area contributed by atoms with E-state index >= 15 is 0 Å². The maximum atomic E-state index is 11.6. The first kappa shape index (κ1) is 11.7. The van der Waals surface area contributed by atoms with Gasteiger partial charge in [0.05, 0.1) is 5.69 Å². The fraction of sp³-hybridized carbons (Fsp3) is 0.455. The topological polar surface area (TPSA) is 68.0 Å². The van der Waals surface area contributed by atoms with Crippen LogP contribution in [0.25, 0.3) is 0 Å². The number of carbonyl (C=O) groups excluding carboxylic acids is 1. The smallest absolute Gasteiger partial charge is 0.243 e. The second-order valence-electron chi connectivity index (χ2n) is 3.87. The molecule has 0 fully saturated rings. The average molecular weight is 207 g/mol. The molecule has 1 aromatic heterocycles. The van der Waals surface area contributed by atoms with Crippen molar-refractivity contribution in [1.29, 1.82) is 0 Å². The van der Waals surface area contributed by atoms with Crippen LogP contribution in [0.1, 0.15) is 25.6 Å². The Morgan fingerprint density at radius 1 is 1.53 bits per heavy atom. The summed E-state index contributed by atoms with van der Waals surface area (Å²) in [7, 11) is 0. The summed E-state index contributed by atoms with van der Waals surface area (Å²) < 4.78 is 0. The highest BCUT2D eigenvalue weighted by Gasteiger charge is 2.16. The summed E-state index contributed by atoms with van der Waals surface area (Å²) >= 11 is 0. The van der Waals surface area contributed by atoms with Crippen molar-refractivity contribution in [2.75, 3.05) is 6.54 Å². The molecule has 82 valence electrons. The Bertz CT molecular complexity index is 311. The van der Waals surface area contributed by atoms with Crippen molar-refractivity contribution in [3.8, 4) is 0 Å². The minimum Gasteiger partial charge on any atom is -0.354 e. The van der Waals surface area contributed by atoms with E-state index < -0.39 is 6.04 Å². The van der Waals surface area contributed by atoms with Gasteiger partial charge in [0.2, 0.25) is 5.91 Å². The monoisotopic (exact) mass is 207 g/mol. The summed E-state index contributed by atoms with van der Waals surface area (Å²) in [6.45, 7) is 4.71. The molecule has 0 radical (unpaired) electrons. The van der Waals surface area contributed by atoms with E-state index in [2.05, 4.69) is 10.3 Å². The van der Waals surface area contributed by atoms with Crippen molar-refractivity contribution in [3.63, 3.8) is 0 Å². The van der Waals surface area contributed by atoms with Crippen LogP contribution in [0.2, 0.25) is 0 Å². The van der Waals surface area contributed by atoms with Gasteiger partial charge in [-0.05, 0) is 18.1 Å². The summed E-state index contributed by atoms with van der Waals surface area (Å²) in [6, 6.07) is 4.68. The number of pyridine rings is 1. The molecule has 0 aliphatic carbocycles. The zero-order valence-corrected chi connectivity index (χ0v) is 9.10. The van der Waals surface area contributed by atoms with Crippen LogP contribution in [-0.4, -0.2) is 17.4 Å². The van der Waals surface area contributed by atoms with Crippen LogP contribution in [0, 0.1) is 5.92 Å². The summed E-state index contributed by atoms with van der Waals surface area (Å²) in [6.07, 6.45) is 1.63. The largest absolute Gasteiger partial charge is 0.354 e. The quantitative estimate of drug-likeness (QED) is 0.769. The third kappa shape index (κ3) is 3.67. The molecule has 1 atom stereocenters. The number of carbonyl (C=O) groups is 1. The second-order valence-corrected chi connectivity index (χ2v) is 3.87. The zero-order valence-electron chi connectivity index (χ0n) is 9.10. The predicted octanol–water partition coefficient (Wildman–Crippen LogP) is 0.854. The summed E-state index contributed by atoms with van der Waals surface area (Å²) in [5.74, 6) is 0.243. The van der Waals surface area contributed by atoms with Crippen LogP contribution in [0.15, 0.2) is 24.4 Å². The van der Waals surface area contributed by atoms with Crippen molar-refractivity contribution >= 4 is 5.91 Å². The first-order valence-electron chi connectivity index (χ1n) is 5.05. The van der Waals surface area contributed by atoms with Gasteiger partial charge in [-0.2, -0.15) is 0 Å². The molecule has 0 saturated heterocycles. The van der Waals surface area contributed by atoms with E-state index in [9.17, 15) is 4.79 Å². The van der Waals surface area contributed by atoms with Gasteiger partial charge in [0, 0.05) is 12.7 Å². The van der Waals surface area contributed by atoms with Crippen LogP contribution < -0.4 is 11.1 Å².